The molecular weight excluding hydrogens is 457 g/mol. The van der Waals surface area contributed by atoms with Gasteiger partial charge in [0, 0.05) is 56.8 Å². The predicted octanol–water partition coefficient (Wildman–Crippen LogP) is 3.32. The number of nitrogens with zero attached hydrogens (tertiary/aromatic N) is 4. The summed E-state index contributed by atoms with van der Waals surface area (Å²) in [5.74, 6) is 1.01. The van der Waals surface area contributed by atoms with Gasteiger partial charge in [-0.3, -0.25) is 4.99 Å². The molecule has 1 aliphatic heterocycles. The number of hydrogen-bond acceptors (Lipinski definition) is 4. The molecule has 1 fully saturated rings. The minimum absolute atomic E-state index is 0. The van der Waals surface area contributed by atoms with Crippen LogP contribution in [0, 0.1) is 13.8 Å². The standard InChI is InChI=1S/C19H27N5S.HI/c1-15-18(25-16(2)22-15)9-10-21-19(20-3)24-13-11-23(12-14-24)17-7-5-4-6-8-17;/h4-8H,9-14H2,1-3H3,(H,20,21);1H. The van der Waals surface area contributed by atoms with Crippen LogP contribution in [0.1, 0.15) is 15.6 Å². The van der Waals surface area contributed by atoms with E-state index in [0.717, 1.165) is 55.8 Å². The molecule has 0 aliphatic carbocycles. The van der Waals surface area contributed by atoms with E-state index in [1.807, 2.05) is 7.05 Å². The van der Waals surface area contributed by atoms with Crippen LogP contribution < -0.4 is 10.2 Å². The van der Waals surface area contributed by atoms with Crippen molar-refractivity contribution in [2.24, 2.45) is 4.99 Å². The molecule has 0 unspecified atom stereocenters. The SMILES string of the molecule is CN=C(NCCc1sc(C)nc1C)N1CCN(c2ccccc2)CC1.I. The quantitative estimate of drug-likeness (QED) is 0.410. The van der Waals surface area contributed by atoms with Crippen molar-refractivity contribution in [3.63, 3.8) is 0 Å². The smallest absolute Gasteiger partial charge is 0.193 e. The van der Waals surface area contributed by atoms with E-state index in [1.165, 1.54) is 10.6 Å². The van der Waals surface area contributed by atoms with Crippen LogP contribution in [-0.4, -0.2) is 55.6 Å². The largest absolute Gasteiger partial charge is 0.368 e. The Bertz CT molecular complexity index is 708. The molecule has 1 saturated heterocycles. The van der Waals surface area contributed by atoms with Gasteiger partial charge in [0.1, 0.15) is 0 Å². The molecule has 1 aromatic carbocycles. The predicted molar refractivity (Wildman–Crippen MR) is 122 cm³/mol. The van der Waals surface area contributed by atoms with Crippen LogP contribution >= 0.6 is 35.3 Å². The summed E-state index contributed by atoms with van der Waals surface area (Å²) in [5.41, 5.74) is 2.47. The molecule has 26 heavy (non-hydrogen) atoms. The molecule has 2 heterocycles. The summed E-state index contributed by atoms with van der Waals surface area (Å²) in [4.78, 5) is 15.1. The molecule has 0 amide bonds. The number of para-hydroxylation sites is 1. The molecule has 2 aromatic rings. The molecule has 0 saturated carbocycles. The lowest BCUT2D eigenvalue weighted by atomic mass is 10.2. The molecule has 0 spiro atoms. The fraction of sp³-hybridized carbons (Fsp3) is 0.474. The zero-order valence-electron chi connectivity index (χ0n) is 15.7. The first-order chi connectivity index (χ1) is 12.2. The van der Waals surface area contributed by atoms with E-state index in [4.69, 9.17) is 0 Å². The summed E-state index contributed by atoms with van der Waals surface area (Å²) < 4.78 is 0. The van der Waals surface area contributed by atoms with E-state index in [2.05, 4.69) is 69.3 Å². The zero-order chi connectivity index (χ0) is 17.6. The van der Waals surface area contributed by atoms with Crippen LogP contribution in [-0.2, 0) is 6.42 Å². The molecule has 5 nitrogen and oxygen atoms in total. The molecule has 0 bridgehead atoms. The second kappa shape index (κ2) is 10.1. The Kier molecular flexibility index (Phi) is 8.15. The number of benzene rings is 1. The summed E-state index contributed by atoms with van der Waals surface area (Å²) in [6.45, 7) is 9.10. The third-order valence-electron chi connectivity index (χ3n) is 4.55. The highest BCUT2D eigenvalue weighted by molar-refractivity contribution is 14.0. The Morgan fingerprint density at radius 3 is 2.42 bits per heavy atom. The van der Waals surface area contributed by atoms with Crippen LogP contribution in [0.4, 0.5) is 5.69 Å². The number of rotatable bonds is 4. The molecule has 0 radical (unpaired) electrons. The first-order valence-corrected chi connectivity index (χ1v) is 9.67. The van der Waals surface area contributed by atoms with Gasteiger partial charge in [0.2, 0.25) is 0 Å². The van der Waals surface area contributed by atoms with E-state index in [0.29, 0.717) is 0 Å². The summed E-state index contributed by atoms with van der Waals surface area (Å²) >= 11 is 1.80. The minimum atomic E-state index is 0. The van der Waals surface area contributed by atoms with Crippen LogP contribution in [0.25, 0.3) is 0 Å². The molecule has 0 atom stereocenters. The lowest BCUT2D eigenvalue weighted by Crippen LogP contribution is -2.52. The average Bonchev–Trinajstić information content (AvgIpc) is 2.97. The van der Waals surface area contributed by atoms with Gasteiger partial charge < -0.3 is 15.1 Å². The van der Waals surface area contributed by atoms with E-state index >= 15 is 0 Å². The Morgan fingerprint density at radius 2 is 1.85 bits per heavy atom. The summed E-state index contributed by atoms with van der Waals surface area (Å²) in [7, 11) is 1.87. The van der Waals surface area contributed by atoms with E-state index < -0.39 is 0 Å². The number of anilines is 1. The van der Waals surface area contributed by atoms with Gasteiger partial charge in [-0.15, -0.1) is 35.3 Å². The van der Waals surface area contributed by atoms with E-state index in [1.54, 1.807) is 11.3 Å². The average molecular weight is 485 g/mol. The maximum absolute atomic E-state index is 4.50. The molecular formula is C19H28IN5S. The molecule has 142 valence electrons. The second-order valence-corrected chi connectivity index (χ2v) is 7.56. The third kappa shape index (κ3) is 5.33. The van der Waals surface area contributed by atoms with Crippen molar-refractivity contribution in [2.45, 2.75) is 20.3 Å². The fourth-order valence-electron chi connectivity index (χ4n) is 3.24. The number of aryl methyl sites for hydroxylation is 2. The number of guanidine groups is 1. The van der Waals surface area contributed by atoms with Crippen molar-refractivity contribution in [2.75, 3.05) is 44.7 Å². The Balaban J connectivity index is 0.00000243. The first-order valence-electron chi connectivity index (χ1n) is 8.86. The van der Waals surface area contributed by atoms with Crippen LogP contribution in [0.3, 0.4) is 0 Å². The highest BCUT2D eigenvalue weighted by atomic mass is 127. The lowest BCUT2D eigenvalue weighted by molar-refractivity contribution is 0.373. The third-order valence-corrected chi connectivity index (χ3v) is 5.68. The topological polar surface area (TPSA) is 43.8 Å². The van der Waals surface area contributed by atoms with Crippen LogP contribution in [0.15, 0.2) is 35.3 Å². The van der Waals surface area contributed by atoms with Gasteiger partial charge in [-0.1, -0.05) is 18.2 Å². The van der Waals surface area contributed by atoms with Gasteiger partial charge in [0.15, 0.2) is 5.96 Å². The lowest BCUT2D eigenvalue weighted by Gasteiger charge is -2.37. The second-order valence-electron chi connectivity index (χ2n) is 6.28. The van der Waals surface area contributed by atoms with E-state index in [9.17, 15) is 0 Å². The summed E-state index contributed by atoms with van der Waals surface area (Å²) in [6, 6.07) is 10.6. The number of aliphatic imine (C=N–C) groups is 1. The van der Waals surface area contributed by atoms with Crippen molar-refractivity contribution in [3.8, 4) is 0 Å². The van der Waals surface area contributed by atoms with Crippen molar-refractivity contribution < 1.29 is 0 Å². The van der Waals surface area contributed by atoms with Gasteiger partial charge in [0.25, 0.3) is 0 Å². The highest BCUT2D eigenvalue weighted by Gasteiger charge is 2.19. The maximum atomic E-state index is 4.50. The van der Waals surface area contributed by atoms with Crippen molar-refractivity contribution in [1.29, 1.82) is 0 Å². The fourth-order valence-corrected chi connectivity index (χ4v) is 4.18. The van der Waals surface area contributed by atoms with Gasteiger partial charge >= 0.3 is 0 Å². The number of thiazole rings is 1. The monoisotopic (exact) mass is 485 g/mol. The van der Waals surface area contributed by atoms with Crippen LogP contribution in [0.5, 0.6) is 0 Å². The number of halogens is 1. The van der Waals surface area contributed by atoms with Crippen molar-refractivity contribution in [3.05, 3.63) is 45.9 Å². The number of nitrogens with one attached hydrogen (secondary N) is 1. The molecule has 7 heteroatoms. The van der Waals surface area contributed by atoms with Crippen molar-refractivity contribution >= 4 is 47.0 Å². The molecule has 3 rings (SSSR count). The van der Waals surface area contributed by atoms with Crippen molar-refractivity contribution in [1.82, 2.24) is 15.2 Å². The zero-order valence-corrected chi connectivity index (χ0v) is 18.9. The summed E-state index contributed by atoms with van der Waals surface area (Å²) in [5, 5.41) is 4.66. The first kappa shape index (κ1) is 21.0. The molecule has 1 aromatic heterocycles. The number of hydrogen-bond donors (Lipinski definition) is 1. The van der Waals surface area contributed by atoms with Gasteiger partial charge in [0.05, 0.1) is 10.7 Å². The number of aromatic nitrogens is 1. The number of piperazine rings is 1. The van der Waals surface area contributed by atoms with Crippen LogP contribution in [0.2, 0.25) is 0 Å². The van der Waals surface area contributed by atoms with E-state index in [-0.39, 0.29) is 24.0 Å². The minimum Gasteiger partial charge on any atom is -0.368 e. The highest BCUT2D eigenvalue weighted by Crippen LogP contribution is 2.17. The molecule has 1 N–H and O–H groups in total. The summed E-state index contributed by atoms with van der Waals surface area (Å²) in [6.07, 6.45) is 1.00. The Morgan fingerprint density at radius 1 is 1.15 bits per heavy atom. The normalized spacial score (nSPS) is 15.0. The molecule has 1 aliphatic rings. The Labute approximate surface area is 177 Å². The van der Waals surface area contributed by atoms with Gasteiger partial charge in [-0.05, 0) is 26.0 Å². The van der Waals surface area contributed by atoms with Gasteiger partial charge in [-0.2, -0.15) is 0 Å². The van der Waals surface area contributed by atoms with Gasteiger partial charge in [-0.25, -0.2) is 4.98 Å². The Hall–Kier alpha value is -1.35. The maximum Gasteiger partial charge on any atom is 0.193 e.